The highest BCUT2D eigenvalue weighted by molar-refractivity contribution is 7.89. The predicted molar refractivity (Wildman–Crippen MR) is 96.4 cm³/mol. The highest BCUT2D eigenvalue weighted by Gasteiger charge is 2.30. The van der Waals surface area contributed by atoms with Crippen molar-refractivity contribution in [3.05, 3.63) is 29.8 Å². The average molecular weight is 382 g/mol. The number of hydrogen-bond donors (Lipinski definition) is 2. The van der Waals surface area contributed by atoms with E-state index in [2.05, 4.69) is 5.32 Å². The normalized spacial score (nSPS) is 21.3. The van der Waals surface area contributed by atoms with Crippen LogP contribution in [-0.4, -0.2) is 62.2 Å². The van der Waals surface area contributed by atoms with Crippen LogP contribution in [0.15, 0.2) is 29.2 Å². The first-order valence-electron chi connectivity index (χ1n) is 9.09. The number of sulfonamides is 1. The van der Waals surface area contributed by atoms with Crippen molar-refractivity contribution in [2.24, 2.45) is 0 Å². The van der Waals surface area contributed by atoms with Crippen LogP contribution in [0.25, 0.3) is 0 Å². The van der Waals surface area contributed by atoms with Crippen LogP contribution < -0.4 is 5.32 Å². The van der Waals surface area contributed by atoms with Gasteiger partial charge in [-0.25, -0.2) is 8.42 Å². The molecule has 2 N–H and O–H groups in total. The maximum atomic E-state index is 12.6. The Morgan fingerprint density at radius 1 is 1.12 bits per heavy atom. The van der Waals surface area contributed by atoms with Crippen LogP contribution in [-0.2, 0) is 14.8 Å². The Kier molecular flexibility index (Phi) is 5.96. The quantitative estimate of drug-likeness (QED) is 0.796. The number of benzene rings is 1. The molecule has 3 rings (SSSR count). The van der Waals surface area contributed by atoms with Crippen LogP contribution in [0.4, 0.5) is 0 Å². The summed E-state index contributed by atoms with van der Waals surface area (Å²) in [4.78, 5) is 12.5. The molecule has 2 aliphatic heterocycles. The van der Waals surface area contributed by atoms with Crippen LogP contribution in [0.3, 0.4) is 0 Å². The maximum Gasteiger partial charge on any atom is 0.251 e. The minimum absolute atomic E-state index is 0.156. The Bertz CT molecular complexity index is 720. The van der Waals surface area contributed by atoms with Gasteiger partial charge in [0.05, 0.1) is 10.5 Å². The Balaban J connectivity index is 1.62. The summed E-state index contributed by atoms with van der Waals surface area (Å²) < 4.78 is 32.0. The molecule has 0 bridgehead atoms. The molecule has 8 heteroatoms. The molecule has 0 aliphatic carbocycles. The van der Waals surface area contributed by atoms with Gasteiger partial charge in [-0.2, -0.15) is 4.31 Å². The highest BCUT2D eigenvalue weighted by Crippen LogP contribution is 2.22. The summed E-state index contributed by atoms with van der Waals surface area (Å²) in [6, 6.07) is 5.98. The topological polar surface area (TPSA) is 95.9 Å². The lowest BCUT2D eigenvalue weighted by Gasteiger charge is -2.32. The zero-order valence-electron chi connectivity index (χ0n) is 14.8. The molecule has 2 heterocycles. The van der Waals surface area contributed by atoms with Crippen molar-refractivity contribution in [3.63, 3.8) is 0 Å². The van der Waals surface area contributed by atoms with E-state index in [0.717, 1.165) is 19.3 Å². The van der Waals surface area contributed by atoms with Gasteiger partial charge in [-0.05, 0) is 37.1 Å². The monoisotopic (exact) mass is 382 g/mol. The number of aliphatic hydroxyl groups is 1. The van der Waals surface area contributed by atoms with Crippen LogP contribution >= 0.6 is 0 Å². The molecule has 7 nitrogen and oxygen atoms in total. The molecule has 26 heavy (non-hydrogen) atoms. The third-order valence-electron chi connectivity index (χ3n) is 5.07. The molecular weight excluding hydrogens is 356 g/mol. The van der Waals surface area contributed by atoms with E-state index in [-0.39, 0.29) is 17.3 Å². The van der Waals surface area contributed by atoms with E-state index in [0.29, 0.717) is 44.7 Å². The van der Waals surface area contributed by atoms with Crippen molar-refractivity contribution in [1.82, 2.24) is 9.62 Å². The summed E-state index contributed by atoms with van der Waals surface area (Å²) in [5, 5.41) is 13.1. The van der Waals surface area contributed by atoms with Crippen LogP contribution in [0.1, 0.15) is 42.5 Å². The van der Waals surface area contributed by atoms with E-state index < -0.39 is 15.6 Å². The van der Waals surface area contributed by atoms with E-state index >= 15 is 0 Å². The Hall–Kier alpha value is -1.48. The summed E-state index contributed by atoms with van der Waals surface area (Å²) in [5.41, 5.74) is -0.566. The zero-order chi connectivity index (χ0) is 18.6. The summed E-state index contributed by atoms with van der Waals surface area (Å²) >= 11 is 0. The van der Waals surface area contributed by atoms with Gasteiger partial charge in [0.25, 0.3) is 5.91 Å². The van der Waals surface area contributed by atoms with Gasteiger partial charge in [0.1, 0.15) is 0 Å². The lowest BCUT2D eigenvalue weighted by molar-refractivity contribution is -0.0605. The molecule has 2 fully saturated rings. The van der Waals surface area contributed by atoms with Gasteiger partial charge in [0.15, 0.2) is 0 Å². The van der Waals surface area contributed by atoms with Crippen LogP contribution in [0.2, 0.25) is 0 Å². The third-order valence-corrected chi connectivity index (χ3v) is 6.98. The standard InChI is InChI=1S/C18H26N2O5S/c21-17(19-14-18(22)8-12-25-13-9-18)15-4-6-16(7-5-15)26(23,24)20-10-2-1-3-11-20/h4-7,22H,1-3,8-14H2,(H,19,21). The summed E-state index contributed by atoms with van der Waals surface area (Å²) in [6.07, 6.45) is 3.80. The SMILES string of the molecule is O=C(NCC1(O)CCOCC1)c1ccc(S(=O)(=O)N2CCCCC2)cc1. The molecule has 1 aromatic carbocycles. The number of carbonyl (C=O) groups is 1. The minimum atomic E-state index is -3.50. The molecule has 2 aliphatic rings. The van der Waals surface area contributed by atoms with Crippen LogP contribution in [0, 0.1) is 0 Å². The molecule has 0 radical (unpaired) electrons. The molecule has 0 spiro atoms. The van der Waals surface area contributed by atoms with Gasteiger partial charge in [0, 0.05) is 51.3 Å². The van der Waals surface area contributed by atoms with Crippen molar-refractivity contribution in [1.29, 1.82) is 0 Å². The summed E-state index contributed by atoms with van der Waals surface area (Å²) in [6.45, 7) is 2.22. The van der Waals surface area contributed by atoms with Gasteiger partial charge < -0.3 is 15.2 Å². The van der Waals surface area contributed by atoms with E-state index in [9.17, 15) is 18.3 Å². The van der Waals surface area contributed by atoms with Gasteiger partial charge in [-0.3, -0.25) is 4.79 Å². The number of piperidine rings is 1. The second-order valence-corrected chi connectivity index (χ2v) is 8.95. The van der Waals surface area contributed by atoms with Gasteiger partial charge in [0.2, 0.25) is 10.0 Å². The minimum Gasteiger partial charge on any atom is -0.388 e. The second-order valence-electron chi connectivity index (χ2n) is 7.01. The first kappa shape index (κ1) is 19.3. The molecule has 1 amide bonds. The van der Waals surface area contributed by atoms with Gasteiger partial charge in [-0.1, -0.05) is 6.42 Å². The van der Waals surface area contributed by atoms with E-state index in [1.807, 2.05) is 0 Å². The summed E-state index contributed by atoms with van der Waals surface area (Å²) in [7, 11) is -3.50. The third kappa shape index (κ3) is 4.43. The number of rotatable bonds is 5. The molecule has 2 saturated heterocycles. The lowest BCUT2D eigenvalue weighted by atomic mass is 9.94. The fourth-order valence-corrected chi connectivity index (χ4v) is 4.82. The maximum absolute atomic E-state index is 12.6. The number of ether oxygens (including phenoxy) is 1. The average Bonchev–Trinajstić information content (AvgIpc) is 2.67. The number of amides is 1. The van der Waals surface area contributed by atoms with Gasteiger partial charge in [-0.15, -0.1) is 0 Å². The van der Waals surface area contributed by atoms with Crippen molar-refractivity contribution in [3.8, 4) is 0 Å². The van der Waals surface area contributed by atoms with Crippen molar-refractivity contribution >= 4 is 15.9 Å². The summed E-state index contributed by atoms with van der Waals surface area (Å²) in [5.74, 6) is -0.327. The smallest absolute Gasteiger partial charge is 0.251 e. The first-order chi connectivity index (χ1) is 12.4. The van der Waals surface area contributed by atoms with Gasteiger partial charge >= 0.3 is 0 Å². The molecule has 144 valence electrons. The molecular formula is C18H26N2O5S. The lowest BCUT2D eigenvalue weighted by Crippen LogP contribution is -2.46. The first-order valence-corrected chi connectivity index (χ1v) is 10.5. The predicted octanol–water partition coefficient (Wildman–Crippen LogP) is 1.13. The molecule has 0 unspecified atom stereocenters. The number of nitrogens with one attached hydrogen (secondary N) is 1. The fourth-order valence-electron chi connectivity index (χ4n) is 3.31. The fraction of sp³-hybridized carbons (Fsp3) is 0.611. The molecule has 0 atom stereocenters. The van der Waals surface area contributed by atoms with Crippen LogP contribution in [0.5, 0.6) is 0 Å². The second kappa shape index (κ2) is 8.04. The van der Waals surface area contributed by atoms with E-state index in [1.54, 1.807) is 0 Å². The molecule has 0 saturated carbocycles. The molecule has 0 aromatic heterocycles. The number of nitrogens with zero attached hydrogens (tertiary/aromatic N) is 1. The number of carbonyl (C=O) groups excluding carboxylic acids is 1. The van der Waals surface area contributed by atoms with Crippen molar-refractivity contribution in [2.75, 3.05) is 32.8 Å². The van der Waals surface area contributed by atoms with Crippen molar-refractivity contribution in [2.45, 2.75) is 42.6 Å². The van der Waals surface area contributed by atoms with Crippen molar-refractivity contribution < 1.29 is 23.1 Å². The zero-order valence-corrected chi connectivity index (χ0v) is 15.6. The largest absolute Gasteiger partial charge is 0.388 e. The Morgan fingerprint density at radius 2 is 1.73 bits per heavy atom. The Morgan fingerprint density at radius 3 is 2.35 bits per heavy atom. The number of hydrogen-bond acceptors (Lipinski definition) is 5. The Labute approximate surface area is 154 Å². The molecule has 1 aromatic rings. The van der Waals surface area contributed by atoms with E-state index in [4.69, 9.17) is 4.74 Å². The van der Waals surface area contributed by atoms with E-state index in [1.165, 1.54) is 28.6 Å². The highest BCUT2D eigenvalue weighted by atomic mass is 32.2.